The minimum Gasteiger partial charge on any atom is -0.356 e. The molecular formula is C29H31F3N8O3. The van der Waals surface area contributed by atoms with Crippen LogP contribution in [0.15, 0.2) is 33.9 Å². The molecule has 43 heavy (non-hydrogen) atoms. The number of rotatable bonds is 6. The smallest absolute Gasteiger partial charge is 0.356 e. The second-order valence-corrected chi connectivity index (χ2v) is 10.5. The van der Waals surface area contributed by atoms with Crippen LogP contribution in [0.3, 0.4) is 0 Å². The van der Waals surface area contributed by atoms with Crippen molar-refractivity contribution in [1.82, 2.24) is 29.0 Å². The Bertz CT molecular complexity index is 1910. The topological polar surface area (TPSA) is 133 Å². The Labute approximate surface area is 244 Å². The first-order chi connectivity index (χ1) is 20.4. The lowest BCUT2D eigenvalue weighted by Gasteiger charge is -2.33. The summed E-state index contributed by atoms with van der Waals surface area (Å²) in [5.41, 5.74) is 5.66. The quantitative estimate of drug-likeness (QED) is 0.326. The van der Waals surface area contributed by atoms with Crippen LogP contribution in [0.1, 0.15) is 41.6 Å². The van der Waals surface area contributed by atoms with E-state index in [-0.39, 0.29) is 47.4 Å². The molecule has 3 aromatic heterocycles. The number of alkyl halides is 3. The summed E-state index contributed by atoms with van der Waals surface area (Å²) in [4.78, 5) is 52.2. The molecule has 0 unspecified atom stereocenters. The van der Waals surface area contributed by atoms with Crippen molar-refractivity contribution in [2.24, 2.45) is 12.8 Å². The van der Waals surface area contributed by atoms with Gasteiger partial charge in [-0.15, -0.1) is 5.92 Å². The molecule has 1 saturated heterocycles. The number of hydrogen-bond acceptors (Lipinski definition) is 7. The van der Waals surface area contributed by atoms with Crippen LogP contribution in [0.5, 0.6) is 0 Å². The van der Waals surface area contributed by atoms with Crippen LogP contribution in [0.25, 0.3) is 21.9 Å². The van der Waals surface area contributed by atoms with Crippen molar-refractivity contribution in [3.8, 4) is 11.8 Å². The molecule has 0 radical (unpaired) electrons. The number of fused-ring (bicyclic) bond motifs is 2. The Hall–Kier alpha value is -4.64. The van der Waals surface area contributed by atoms with Crippen molar-refractivity contribution in [1.29, 1.82) is 0 Å². The molecule has 1 aromatic carbocycles. The highest BCUT2D eigenvalue weighted by Crippen LogP contribution is 2.33. The first-order valence-corrected chi connectivity index (χ1v) is 13.7. The molecule has 1 atom stereocenters. The van der Waals surface area contributed by atoms with Gasteiger partial charge in [0.15, 0.2) is 0 Å². The fraction of sp³-hybridized carbons (Fsp3) is 0.414. The van der Waals surface area contributed by atoms with E-state index in [1.807, 2.05) is 23.5 Å². The Morgan fingerprint density at radius 3 is 2.60 bits per heavy atom. The largest absolute Gasteiger partial charge is 0.405 e. The van der Waals surface area contributed by atoms with E-state index < -0.39 is 29.9 Å². The third-order valence-corrected chi connectivity index (χ3v) is 7.50. The van der Waals surface area contributed by atoms with Crippen molar-refractivity contribution in [2.45, 2.75) is 52.0 Å². The molecule has 1 aliphatic heterocycles. The normalized spacial score (nSPS) is 15.5. The van der Waals surface area contributed by atoms with E-state index in [1.54, 1.807) is 24.8 Å². The van der Waals surface area contributed by atoms with Gasteiger partial charge < -0.3 is 20.5 Å². The molecule has 5 rings (SSSR count). The molecule has 1 fully saturated rings. The number of hydrogen-bond donors (Lipinski definition) is 2. The fourth-order valence-corrected chi connectivity index (χ4v) is 5.60. The summed E-state index contributed by atoms with van der Waals surface area (Å²) in [5, 5.41) is 2.75. The van der Waals surface area contributed by atoms with Gasteiger partial charge in [0, 0.05) is 37.3 Å². The maximum absolute atomic E-state index is 14.2. The van der Waals surface area contributed by atoms with E-state index in [4.69, 9.17) is 5.73 Å². The molecule has 0 spiro atoms. The number of para-hydroxylation sites is 1. The van der Waals surface area contributed by atoms with Crippen LogP contribution >= 0.6 is 0 Å². The highest BCUT2D eigenvalue weighted by atomic mass is 19.4. The monoisotopic (exact) mass is 596 g/mol. The van der Waals surface area contributed by atoms with Crippen LogP contribution in [0, 0.1) is 18.8 Å². The lowest BCUT2D eigenvalue weighted by Crippen LogP contribution is -2.44. The molecular weight excluding hydrogens is 565 g/mol. The Kier molecular flexibility index (Phi) is 8.02. The second kappa shape index (κ2) is 11.6. The third kappa shape index (κ3) is 5.72. The number of carbonyl (C=O) groups is 1. The number of carbonyl (C=O) groups excluding carboxylic acids is 1. The van der Waals surface area contributed by atoms with Crippen molar-refractivity contribution < 1.29 is 18.0 Å². The summed E-state index contributed by atoms with van der Waals surface area (Å²) in [6.45, 7) is 2.23. The number of aryl methyl sites for hydroxylation is 2. The van der Waals surface area contributed by atoms with E-state index in [0.29, 0.717) is 30.7 Å². The SMILES string of the molecule is CC#CCn1c(N2CCC[C@@H](N)C2)c(C(=O)NCC(F)(F)F)c2c1c(=O)n(Cc1nc(C)c3ccccc3n1)c(=O)n2C. The summed E-state index contributed by atoms with van der Waals surface area (Å²) >= 11 is 0. The number of anilines is 1. The average molecular weight is 597 g/mol. The van der Waals surface area contributed by atoms with E-state index in [2.05, 4.69) is 21.8 Å². The first-order valence-electron chi connectivity index (χ1n) is 13.7. The van der Waals surface area contributed by atoms with Crippen LogP contribution in [0.4, 0.5) is 19.0 Å². The maximum Gasteiger partial charge on any atom is 0.405 e. The lowest BCUT2D eigenvalue weighted by atomic mass is 10.1. The van der Waals surface area contributed by atoms with Crippen molar-refractivity contribution in [3.63, 3.8) is 0 Å². The zero-order valence-electron chi connectivity index (χ0n) is 24.0. The van der Waals surface area contributed by atoms with E-state index >= 15 is 0 Å². The van der Waals surface area contributed by atoms with Gasteiger partial charge in [-0.05, 0) is 32.8 Å². The number of benzene rings is 1. The molecule has 0 saturated carbocycles. The van der Waals surface area contributed by atoms with Gasteiger partial charge in [0.25, 0.3) is 11.5 Å². The molecule has 3 N–H and O–H groups in total. The molecule has 11 nitrogen and oxygen atoms in total. The maximum atomic E-state index is 14.2. The van der Waals surface area contributed by atoms with Gasteiger partial charge >= 0.3 is 11.9 Å². The number of nitrogens with zero attached hydrogens (tertiary/aromatic N) is 6. The van der Waals surface area contributed by atoms with Gasteiger partial charge in [0.1, 0.15) is 29.3 Å². The molecule has 1 aliphatic rings. The molecule has 4 heterocycles. The third-order valence-electron chi connectivity index (χ3n) is 7.50. The van der Waals surface area contributed by atoms with Crippen molar-refractivity contribution in [3.05, 3.63) is 62.2 Å². The van der Waals surface area contributed by atoms with E-state index in [1.165, 1.54) is 11.6 Å². The predicted octanol–water partition coefficient (Wildman–Crippen LogP) is 2.04. The van der Waals surface area contributed by atoms with Crippen LogP contribution in [-0.2, 0) is 20.1 Å². The number of piperidine rings is 1. The Morgan fingerprint density at radius 1 is 1.16 bits per heavy atom. The number of halogens is 3. The van der Waals surface area contributed by atoms with Crippen LogP contribution in [-0.4, -0.2) is 61.4 Å². The molecule has 226 valence electrons. The van der Waals surface area contributed by atoms with E-state index in [0.717, 1.165) is 20.9 Å². The zero-order chi connectivity index (χ0) is 31.1. The standard InChI is InChI=1S/C29H31F3N8O3/c1-4-5-13-39-24-23(22(25(41)34-16-29(30,31)32)26(39)38-12-8-9-18(33)14-38)37(3)28(43)40(27(24)42)15-21-35-17(2)19-10-6-7-11-20(19)36-21/h6-7,10-11,18H,8-9,12-16,33H2,1-3H3,(H,34,41)/t18-/m1/s1. The first kappa shape index (κ1) is 29.8. The minimum atomic E-state index is -4.67. The fourth-order valence-electron chi connectivity index (χ4n) is 5.60. The number of aromatic nitrogens is 5. The highest BCUT2D eigenvalue weighted by Gasteiger charge is 2.35. The zero-order valence-corrected chi connectivity index (χ0v) is 24.0. The number of nitrogens with one attached hydrogen (secondary N) is 1. The molecule has 1 amide bonds. The van der Waals surface area contributed by atoms with Gasteiger partial charge in [-0.25, -0.2) is 14.8 Å². The Morgan fingerprint density at radius 2 is 1.91 bits per heavy atom. The summed E-state index contributed by atoms with van der Waals surface area (Å²) in [7, 11) is 1.37. The molecule has 4 aromatic rings. The second-order valence-electron chi connectivity index (χ2n) is 10.5. The van der Waals surface area contributed by atoms with Crippen LogP contribution < -0.4 is 27.2 Å². The predicted molar refractivity (Wildman–Crippen MR) is 156 cm³/mol. The molecule has 0 aliphatic carbocycles. The van der Waals surface area contributed by atoms with Gasteiger partial charge in [-0.3, -0.25) is 18.7 Å². The minimum absolute atomic E-state index is 0.0475. The summed E-state index contributed by atoms with van der Waals surface area (Å²) in [5.74, 6) is 5.01. The van der Waals surface area contributed by atoms with Gasteiger partial charge in [-0.2, -0.15) is 13.2 Å². The molecule has 14 heteroatoms. The van der Waals surface area contributed by atoms with Gasteiger partial charge in [-0.1, -0.05) is 24.1 Å². The van der Waals surface area contributed by atoms with Crippen molar-refractivity contribution >= 4 is 33.7 Å². The lowest BCUT2D eigenvalue weighted by molar-refractivity contribution is -0.123. The summed E-state index contributed by atoms with van der Waals surface area (Å²) in [6.07, 6.45) is -3.29. The van der Waals surface area contributed by atoms with Gasteiger partial charge in [0.05, 0.1) is 24.1 Å². The number of amides is 1. The molecule has 0 bridgehead atoms. The van der Waals surface area contributed by atoms with E-state index in [9.17, 15) is 27.6 Å². The number of nitrogens with two attached hydrogens (primary N) is 1. The summed E-state index contributed by atoms with van der Waals surface area (Å²) in [6, 6.07) is 7.07. The van der Waals surface area contributed by atoms with Crippen molar-refractivity contribution in [2.75, 3.05) is 24.5 Å². The van der Waals surface area contributed by atoms with Gasteiger partial charge in [0.2, 0.25) is 0 Å². The average Bonchev–Trinajstić information content (AvgIpc) is 3.31. The van der Waals surface area contributed by atoms with Crippen LogP contribution in [0.2, 0.25) is 0 Å². The highest BCUT2D eigenvalue weighted by molar-refractivity contribution is 6.11. The summed E-state index contributed by atoms with van der Waals surface area (Å²) < 4.78 is 43.0. The Balaban J connectivity index is 1.78.